The van der Waals surface area contributed by atoms with Crippen LogP contribution in [0.2, 0.25) is 0 Å². The number of ketones is 1. The van der Waals surface area contributed by atoms with Crippen molar-refractivity contribution in [3.63, 3.8) is 0 Å². The van der Waals surface area contributed by atoms with E-state index < -0.39 is 6.04 Å². The van der Waals surface area contributed by atoms with Crippen LogP contribution in [-0.2, 0) is 9.53 Å². The van der Waals surface area contributed by atoms with Crippen molar-refractivity contribution < 1.29 is 14.3 Å². The third-order valence-corrected chi connectivity index (χ3v) is 2.17. The molecule has 1 unspecified atom stereocenters. The molecule has 1 rings (SSSR count). The first-order valence-corrected chi connectivity index (χ1v) is 5.00. The van der Waals surface area contributed by atoms with E-state index in [0.717, 1.165) is 0 Å². The summed E-state index contributed by atoms with van der Waals surface area (Å²) in [6.07, 6.45) is 0. The summed E-state index contributed by atoms with van der Waals surface area (Å²) >= 11 is 0. The summed E-state index contributed by atoms with van der Waals surface area (Å²) < 4.78 is 4.87. The van der Waals surface area contributed by atoms with Gasteiger partial charge in [0.2, 0.25) is 0 Å². The predicted octanol–water partition coefficient (Wildman–Crippen LogP) is 1.02. The Morgan fingerprint density at radius 3 is 2.44 bits per heavy atom. The van der Waals surface area contributed by atoms with E-state index in [-0.39, 0.29) is 18.3 Å². The van der Waals surface area contributed by atoms with Gasteiger partial charge in [-0.15, -0.1) is 0 Å². The lowest BCUT2D eigenvalue weighted by atomic mass is 10.1. The highest BCUT2D eigenvalue weighted by Crippen LogP contribution is 1.99. The topological polar surface area (TPSA) is 55.4 Å². The molecule has 4 nitrogen and oxygen atoms in total. The van der Waals surface area contributed by atoms with Crippen LogP contribution >= 0.6 is 0 Å². The minimum Gasteiger partial charge on any atom is -0.382 e. The van der Waals surface area contributed by atoms with Gasteiger partial charge < -0.3 is 10.1 Å². The summed E-state index contributed by atoms with van der Waals surface area (Å²) in [4.78, 5) is 22.9. The molecule has 0 aliphatic rings. The van der Waals surface area contributed by atoms with Gasteiger partial charge in [0.05, 0.1) is 6.61 Å². The third kappa shape index (κ3) is 3.47. The lowest BCUT2D eigenvalue weighted by Crippen LogP contribution is -2.42. The maximum Gasteiger partial charge on any atom is 0.251 e. The van der Waals surface area contributed by atoms with E-state index in [1.165, 1.54) is 14.0 Å². The Kier molecular flexibility index (Phi) is 4.66. The zero-order valence-corrected chi connectivity index (χ0v) is 9.40. The number of methoxy groups -OCH3 is 1. The smallest absolute Gasteiger partial charge is 0.251 e. The van der Waals surface area contributed by atoms with Gasteiger partial charge in [-0.2, -0.15) is 0 Å². The quantitative estimate of drug-likeness (QED) is 0.807. The first-order chi connectivity index (χ1) is 7.65. The SMILES string of the molecule is COCC(NC(=O)c1ccccc1)C(C)=O. The second-order valence-electron chi connectivity index (χ2n) is 3.46. The molecule has 0 heterocycles. The summed E-state index contributed by atoms with van der Waals surface area (Å²) in [6, 6.07) is 8.17. The average Bonchev–Trinajstić information content (AvgIpc) is 2.29. The normalized spacial score (nSPS) is 11.9. The Morgan fingerprint density at radius 1 is 1.31 bits per heavy atom. The number of amides is 1. The van der Waals surface area contributed by atoms with Crippen LogP contribution in [0.3, 0.4) is 0 Å². The lowest BCUT2D eigenvalue weighted by Gasteiger charge is -2.14. The van der Waals surface area contributed by atoms with Crippen molar-refractivity contribution in [3.05, 3.63) is 35.9 Å². The van der Waals surface area contributed by atoms with E-state index in [2.05, 4.69) is 5.32 Å². The van der Waals surface area contributed by atoms with Crippen LogP contribution in [0.15, 0.2) is 30.3 Å². The zero-order valence-electron chi connectivity index (χ0n) is 9.40. The molecule has 16 heavy (non-hydrogen) atoms. The summed E-state index contributed by atoms with van der Waals surface area (Å²) in [7, 11) is 1.49. The molecule has 1 amide bonds. The highest BCUT2D eigenvalue weighted by atomic mass is 16.5. The maximum absolute atomic E-state index is 11.7. The Bertz CT molecular complexity index is 362. The van der Waals surface area contributed by atoms with E-state index >= 15 is 0 Å². The molecule has 0 aliphatic carbocycles. The molecule has 0 aromatic heterocycles. The largest absolute Gasteiger partial charge is 0.382 e. The summed E-state index contributed by atoms with van der Waals surface area (Å²) in [6.45, 7) is 1.61. The van der Waals surface area contributed by atoms with Crippen molar-refractivity contribution >= 4 is 11.7 Å². The van der Waals surface area contributed by atoms with Gasteiger partial charge in [0.15, 0.2) is 5.78 Å². The highest BCUT2D eigenvalue weighted by Gasteiger charge is 2.17. The van der Waals surface area contributed by atoms with Crippen molar-refractivity contribution in [2.45, 2.75) is 13.0 Å². The number of rotatable bonds is 5. The standard InChI is InChI=1S/C12H15NO3/c1-9(14)11(8-16-2)13-12(15)10-6-4-3-5-7-10/h3-7,11H,8H2,1-2H3,(H,13,15). The Balaban J connectivity index is 2.65. The van der Waals surface area contributed by atoms with Crippen LogP contribution in [0.5, 0.6) is 0 Å². The lowest BCUT2D eigenvalue weighted by molar-refractivity contribution is -0.119. The van der Waals surface area contributed by atoms with Crippen LogP contribution in [0.25, 0.3) is 0 Å². The first kappa shape index (κ1) is 12.4. The molecule has 4 heteroatoms. The minimum absolute atomic E-state index is 0.119. The van der Waals surface area contributed by atoms with Gasteiger partial charge in [-0.1, -0.05) is 18.2 Å². The molecule has 1 aromatic rings. The molecule has 0 spiro atoms. The Labute approximate surface area is 94.6 Å². The monoisotopic (exact) mass is 221 g/mol. The summed E-state index contributed by atoms with van der Waals surface area (Å²) in [5, 5.41) is 2.62. The molecule has 0 saturated carbocycles. The number of carbonyl (C=O) groups excluding carboxylic acids is 2. The van der Waals surface area contributed by atoms with E-state index in [9.17, 15) is 9.59 Å². The van der Waals surface area contributed by atoms with Crippen molar-refractivity contribution in [2.75, 3.05) is 13.7 Å². The maximum atomic E-state index is 11.7. The van der Waals surface area contributed by atoms with Gasteiger partial charge in [-0.25, -0.2) is 0 Å². The van der Waals surface area contributed by atoms with Crippen molar-refractivity contribution in [1.29, 1.82) is 0 Å². The number of ether oxygens (including phenoxy) is 1. The number of benzene rings is 1. The van der Waals surface area contributed by atoms with Gasteiger partial charge in [-0.3, -0.25) is 9.59 Å². The number of hydrogen-bond acceptors (Lipinski definition) is 3. The van der Waals surface area contributed by atoms with Crippen LogP contribution in [0.1, 0.15) is 17.3 Å². The fraction of sp³-hybridized carbons (Fsp3) is 0.333. The Hall–Kier alpha value is -1.68. The summed E-state index contributed by atoms with van der Waals surface area (Å²) in [5.41, 5.74) is 0.532. The fourth-order valence-corrected chi connectivity index (χ4v) is 1.26. The molecule has 1 aromatic carbocycles. The van der Waals surface area contributed by atoms with Crippen LogP contribution in [-0.4, -0.2) is 31.4 Å². The molecule has 1 atom stereocenters. The van der Waals surface area contributed by atoms with E-state index in [1.54, 1.807) is 24.3 Å². The van der Waals surface area contributed by atoms with Gasteiger partial charge in [0.1, 0.15) is 6.04 Å². The molecule has 86 valence electrons. The highest BCUT2D eigenvalue weighted by molar-refractivity contribution is 5.97. The van der Waals surface area contributed by atoms with Crippen molar-refractivity contribution in [1.82, 2.24) is 5.32 Å². The molecule has 0 radical (unpaired) electrons. The number of nitrogens with one attached hydrogen (secondary N) is 1. The molecule has 1 N–H and O–H groups in total. The van der Waals surface area contributed by atoms with Gasteiger partial charge in [-0.05, 0) is 19.1 Å². The Morgan fingerprint density at radius 2 is 1.94 bits per heavy atom. The molecule has 0 fully saturated rings. The van der Waals surface area contributed by atoms with E-state index in [4.69, 9.17) is 4.74 Å². The van der Waals surface area contributed by atoms with Crippen molar-refractivity contribution in [3.8, 4) is 0 Å². The predicted molar refractivity (Wildman–Crippen MR) is 60.3 cm³/mol. The number of hydrogen-bond donors (Lipinski definition) is 1. The molecule has 0 saturated heterocycles. The van der Waals surface area contributed by atoms with Gasteiger partial charge in [0.25, 0.3) is 5.91 Å². The second-order valence-corrected chi connectivity index (χ2v) is 3.46. The fourth-order valence-electron chi connectivity index (χ4n) is 1.26. The molecular weight excluding hydrogens is 206 g/mol. The average molecular weight is 221 g/mol. The van der Waals surface area contributed by atoms with Gasteiger partial charge in [0, 0.05) is 12.7 Å². The van der Waals surface area contributed by atoms with E-state index in [0.29, 0.717) is 5.56 Å². The molecular formula is C12H15NO3. The van der Waals surface area contributed by atoms with Crippen LogP contribution in [0, 0.1) is 0 Å². The second kappa shape index (κ2) is 6.02. The van der Waals surface area contributed by atoms with E-state index in [1.807, 2.05) is 6.07 Å². The van der Waals surface area contributed by atoms with Crippen LogP contribution < -0.4 is 5.32 Å². The third-order valence-electron chi connectivity index (χ3n) is 2.17. The minimum atomic E-state index is -0.585. The van der Waals surface area contributed by atoms with Gasteiger partial charge >= 0.3 is 0 Å². The summed E-state index contributed by atoms with van der Waals surface area (Å²) in [5.74, 6) is -0.385. The molecule has 0 bridgehead atoms. The van der Waals surface area contributed by atoms with Crippen molar-refractivity contribution in [2.24, 2.45) is 0 Å². The van der Waals surface area contributed by atoms with Crippen LogP contribution in [0.4, 0.5) is 0 Å². The number of carbonyl (C=O) groups is 2. The first-order valence-electron chi connectivity index (χ1n) is 5.00. The zero-order chi connectivity index (χ0) is 12.0. The molecule has 0 aliphatic heterocycles. The number of Topliss-reactive ketones (excluding diaryl/α,β-unsaturated/α-hetero) is 1.